The molecule has 3 heterocycles. The Morgan fingerprint density at radius 3 is 2.41 bits per heavy atom. The summed E-state index contributed by atoms with van der Waals surface area (Å²) in [5, 5.41) is 29.6. The van der Waals surface area contributed by atoms with Crippen molar-refractivity contribution in [3.8, 4) is 17.1 Å². The lowest BCUT2D eigenvalue weighted by molar-refractivity contribution is 0.188. The molecule has 2 aliphatic heterocycles. The number of phenolic OH excluding ortho intramolecular Hbond substituents is 1. The predicted octanol–water partition coefficient (Wildman–Crippen LogP) is 1.45. The van der Waals surface area contributed by atoms with E-state index in [4.69, 9.17) is 15.0 Å². The van der Waals surface area contributed by atoms with Gasteiger partial charge in [0, 0.05) is 44.8 Å². The number of hydrogen-bond acceptors (Lipinski definition) is 9. The summed E-state index contributed by atoms with van der Waals surface area (Å²) in [5.74, 6) is 1.75. The average Bonchev–Trinajstić information content (AvgIpc) is 2.88. The molecule has 1 atom stereocenters. The summed E-state index contributed by atoms with van der Waals surface area (Å²) in [6, 6.07) is 14.9. The summed E-state index contributed by atoms with van der Waals surface area (Å²) in [4.78, 5) is 20.8. The summed E-state index contributed by atoms with van der Waals surface area (Å²) in [6.07, 6.45) is 0.842. The van der Waals surface area contributed by atoms with Crippen LogP contribution in [-0.2, 0) is 6.42 Å². The Balaban J connectivity index is 1.53. The monoisotopic (exact) mass is 462 g/mol. The fourth-order valence-corrected chi connectivity index (χ4v) is 4.80. The number of aliphatic hydroxyl groups is 2. The third kappa shape index (κ3) is 4.54. The molecular weight excluding hydrogens is 432 g/mol. The smallest absolute Gasteiger partial charge is 0.231 e. The van der Waals surface area contributed by atoms with Crippen molar-refractivity contribution in [2.24, 2.45) is 0 Å². The molecule has 1 fully saturated rings. The number of piperazine rings is 1. The third-order valence-corrected chi connectivity index (χ3v) is 6.63. The van der Waals surface area contributed by atoms with Crippen LogP contribution in [0.25, 0.3) is 11.4 Å². The van der Waals surface area contributed by atoms with E-state index in [1.165, 1.54) is 5.56 Å². The van der Waals surface area contributed by atoms with E-state index in [2.05, 4.69) is 26.8 Å². The molecule has 2 aliphatic rings. The van der Waals surface area contributed by atoms with Crippen molar-refractivity contribution in [2.45, 2.75) is 12.5 Å². The van der Waals surface area contributed by atoms with Crippen LogP contribution in [0.3, 0.4) is 0 Å². The number of phenols is 1. The normalized spacial score (nSPS) is 18.7. The maximum absolute atomic E-state index is 10.3. The van der Waals surface area contributed by atoms with Crippen LogP contribution >= 0.6 is 0 Å². The maximum atomic E-state index is 10.3. The van der Waals surface area contributed by atoms with Crippen LogP contribution in [0.4, 0.5) is 11.9 Å². The van der Waals surface area contributed by atoms with E-state index >= 15 is 0 Å². The number of nitrogens with zero attached hydrogens (tertiary/aromatic N) is 6. The average molecular weight is 463 g/mol. The largest absolute Gasteiger partial charge is 0.508 e. The van der Waals surface area contributed by atoms with Crippen LogP contribution in [0.15, 0.2) is 48.5 Å². The molecule has 3 aromatic rings. The van der Waals surface area contributed by atoms with Gasteiger partial charge in [-0.2, -0.15) is 15.0 Å². The van der Waals surface area contributed by atoms with Crippen LogP contribution in [0.2, 0.25) is 0 Å². The molecule has 3 N–H and O–H groups in total. The number of fused-ring (bicyclic) bond motifs is 1. The summed E-state index contributed by atoms with van der Waals surface area (Å²) < 4.78 is 0. The van der Waals surface area contributed by atoms with Gasteiger partial charge in [-0.3, -0.25) is 4.90 Å². The Morgan fingerprint density at radius 1 is 0.853 bits per heavy atom. The molecule has 9 nitrogen and oxygen atoms in total. The number of rotatable bonds is 6. The van der Waals surface area contributed by atoms with E-state index in [-0.39, 0.29) is 25.0 Å². The number of aromatic nitrogens is 3. The Morgan fingerprint density at radius 2 is 1.65 bits per heavy atom. The fraction of sp³-hybridized carbons (Fsp3) is 0.400. The molecule has 0 unspecified atom stereocenters. The van der Waals surface area contributed by atoms with Crippen molar-refractivity contribution >= 4 is 11.9 Å². The summed E-state index contributed by atoms with van der Waals surface area (Å²) >= 11 is 0. The topological polar surface area (TPSA) is 109 Å². The van der Waals surface area contributed by atoms with Gasteiger partial charge >= 0.3 is 0 Å². The number of anilines is 2. The molecule has 0 amide bonds. The van der Waals surface area contributed by atoms with Gasteiger partial charge in [-0.15, -0.1) is 0 Å². The van der Waals surface area contributed by atoms with Gasteiger partial charge < -0.3 is 25.1 Å². The molecule has 9 heteroatoms. The zero-order valence-electron chi connectivity index (χ0n) is 19.1. The second kappa shape index (κ2) is 9.92. The van der Waals surface area contributed by atoms with Crippen molar-refractivity contribution in [3.63, 3.8) is 0 Å². The molecule has 5 rings (SSSR count). The standard InChI is InChI=1S/C25H30N6O3/c32-15-14-29-10-12-30(13-11-29)24-26-23(19-5-3-6-20(34)16-19)27-25(28-24)31-9-8-18-4-1-2-7-21(18)22(31)17-33/h1-7,16,22,32-34H,8-15,17H2/t22-/m0/s1. The number of aliphatic hydroxyl groups excluding tert-OH is 2. The minimum atomic E-state index is -0.237. The second-order valence-electron chi connectivity index (χ2n) is 8.70. The van der Waals surface area contributed by atoms with Gasteiger partial charge in [0.15, 0.2) is 5.82 Å². The van der Waals surface area contributed by atoms with Crippen molar-refractivity contribution < 1.29 is 15.3 Å². The van der Waals surface area contributed by atoms with E-state index < -0.39 is 0 Å². The molecule has 0 aliphatic carbocycles. The third-order valence-electron chi connectivity index (χ3n) is 6.63. The number of benzene rings is 2. The zero-order valence-corrected chi connectivity index (χ0v) is 19.1. The quantitative estimate of drug-likeness (QED) is 0.501. The Labute approximate surface area is 199 Å². The highest BCUT2D eigenvalue weighted by molar-refractivity contribution is 5.61. The fourth-order valence-electron chi connectivity index (χ4n) is 4.80. The van der Waals surface area contributed by atoms with Crippen LogP contribution in [0.5, 0.6) is 5.75 Å². The lowest BCUT2D eigenvalue weighted by atomic mass is 9.93. The van der Waals surface area contributed by atoms with Gasteiger partial charge in [0.2, 0.25) is 11.9 Å². The summed E-state index contributed by atoms with van der Waals surface area (Å²) in [6.45, 7) is 4.59. The highest BCUT2D eigenvalue weighted by atomic mass is 16.3. The van der Waals surface area contributed by atoms with Crippen LogP contribution in [-0.4, -0.2) is 87.7 Å². The molecule has 0 spiro atoms. The minimum Gasteiger partial charge on any atom is -0.508 e. The predicted molar refractivity (Wildman–Crippen MR) is 130 cm³/mol. The number of aromatic hydroxyl groups is 1. The molecule has 2 aromatic carbocycles. The van der Waals surface area contributed by atoms with Gasteiger partial charge in [0.05, 0.1) is 19.3 Å². The van der Waals surface area contributed by atoms with Crippen LogP contribution < -0.4 is 9.80 Å². The van der Waals surface area contributed by atoms with E-state index in [0.717, 1.165) is 38.2 Å². The molecule has 0 saturated carbocycles. The first-order valence-electron chi connectivity index (χ1n) is 11.7. The zero-order chi connectivity index (χ0) is 23.5. The minimum absolute atomic E-state index is 0.0423. The molecule has 0 bridgehead atoms. The van der Waals surface area contributed by atoms with E-state index in [0.29, 0.717) is 36.4 Å². The first kappa shape index (κ1) is 22.5. The number of hydrogen-bond donors (Lipinski definition) is 3. The molecule has 0 radical (unpaired) electrons. The SMILES string of the molecule is OCCN1CCN(c2nc(-c3cccc(O)c3)nc(N3CCc4ccccc4[C@@H]3CO)n2)CC1. The van der Waals surface area contributed by atoms with Crippen molar-refractivity contribution in [1.29, 1.82) is 0 Å². The van der Waals surface area contributed by atoms with E-state index in [9.17, 15) is 15.3 Å². The Hall–Kier alpha value is -3.27. The highest BCUT2D eigenvalue weighted by Gasteiger charge is 2.30. The first-order valence-corrected chi connectivity index (χ1v) is 11.7. The molecule has 178 valence electrons. The first-order chi connectivity index (χ1) is 16.7. The molecule has 34 heavy (non-hydrogen) atoms. The lowest BCUT2D eigenvalue weighted by Gasteiger charge is -2.37. The summed E-state index contributed by atoms with van der Waals surface area (Å²) in [7, 11) is 0. The van der Waals surface area contributed by atoms with Crippen molar-refractivity contribution in [1.82, 2.24) is 19.9 Å². The lowest BCUT2D eigenvalue weighted by Crippen LogP contribution is -2.48. The van der Waals surface area contributed by atoms with Crippen LogP contribution in [0, 0.1) is 0 Å². The molecular formula is C25H30N6O3. The van der Waals surface area contributed by atoms with Crippen molar-refractivity contribution in [3.05, 3.63) is 59.7 Å². The molecule has 1 saturated heterocycles. The Kier molecular flexibility index (Phi) is 6.57. The van der Waals surface area contributed by atoms with Gasteiger partial charge in [-0.05, 0) is 29.7 Å². The number of β-amino-alcohol motifs (C(OH)–C–C–N with tert-alkyl or cyclic N) is 1. The van der Waals surface area contributed by atoms with Gasteiger partial charge in [0.25, 0.3) is 0 Å². The van der Waals surface area contributed by atoms with Gasteiger partial charge in [0.1, 0.15) is 5.75 Å². The highest BCUT2D eigenvalue weighted by Crippen LogP contribution is 2.33. The molecule has 1 aromatic heterocycles. The Bertz CT molecular complexity index is 1140. The second-order valence-corrected chi connectivity index (χ2v) is 8.70. The maximum Gasteiger partial charge on any atom is 0.231 e. The van der Waals surface area contributed by atoms with Crippen LogP contribution in [0.1, 0.15) is 17.2 Å². The summed E-state index contributed by atoms with van der Waals surface area (Å²) in [5.41, 5.74) is 3.04. The van der Waals surface area contributed by atoms with Gasteiger partial charge in [-0.1, -0.05) is 36.4 Å². The van der Waals surface area contributed by atoms with Gasteiger partial charge in [-0.25, -0.2) is 0 Å². The van der Waals surface area contributed by atoms with E-state index in [1.54, 1.807) is 18.2 Å². The van der Waals surface area contributed by atoms with E-state index in [1.807, 2.05) is 18.2 Å². The van der Waals surface area contributed by atoms with Crippen molar-refractivity contribution in [2.75, 3.05) is 62.3 Å².